The van der Waals surface area contributed by atoms with E-state index in [1.165, 1.54) is 18.4 Å². The van der Waals surface area contributed by atoms with E-state index in [1.807, 2.05) is 30.3 Å². The van der Waals surface area contributed by atoms with Gasteiger partial charge in [-0.1, -0.05) is 37.3 Å². The number of hydrogen-bond acceptors (Lipinski definition) is 3. The quantitative estimate of drug-likeness (QED) is 0.704. The Morgan fingerprint density at radius 3 is 2.68 bits per heavy atom. The van der Waals surface area contributed by atoms with Gasteiger partial charge in [-0.15, -0.1) is 0 Å². The third-order valence-electron chi connectivity index (χ3n) is 5.72. The largest absolute Gasteiger partial charge is 0.353 e. The molecule has 2 aromatic heterocycles. The lowest BCUT2D eigenvalue weighted by molar-refractivity contribution is -0.122. The molecule has 0 radical (unpaired) electrons. The van der Waals surface area contributed by atoms with Crippen LogP contribution >= 0.6 is 0 Å². The Bertz CT molecular complexity index is 926. The van der Waals surface area contributed by atoms with Crippen molar-refractivity contribution in [3.05, 3.63) is 60.0 Å². The van der Waals surface area contributed by atoms with E-state index in [0.717, 1.165) is 35.7 Å². The Kier molecular flexibility index (Phi) is 5.70. The van der Waals surface area contributed by atoms with Gasteiger partial charge >= 0.3 is 0 Å². The minimum absolute atomic E-state index is 0.130. The molecule has 1 saturated carbocycles. The second kappa shape index (κ2) is 8.55. The van der Waals surface area contributed by atoms with Crippen LogP contribution in [-0.4, -0.2) is 26.5 Å². The van der Waals surface area contributed by atoms with Gasteiger partial charge in [-0.2, -0.15) is 0 Å². The molecule has 1 aromatic carbocycles. The first-order valence-electron chi connectivity index (χ1n) is 10.3. The van der Waals surface area contributed by atoms with Gasteiger partial charge in [0.25, 0.3) is 0 Å². The standard InChI is InChI=1S/C23H28N4O/c1-17-9-11-19(12-10-17)25-22(28)14-13-21-26-20-8-5-15-24-23(20)27(21)16-18-6-3-2-4-7-18/h2-8,15,17,19H,9-14,16H2,1H3,(H,25,28). The first kappa shape index (κ1) is 18.7. The van der Waals surface area contributed by atoms with Crippen LogP contribution in [0.3, 0.4) is 0 Å². The number of aromatic nitrogens is 3. The minimum Gasteiger partial charge on any atom is -0.353 e. The average molecular weight is 377 g/mol. The summed E-state index contributed by atoms with van der Waals surface area (Å²) in [5, 5.41) is 3.22. The molecule has 1 amide bonds. The van der Waals surface area contributed by atoms with E-state index in [4.69, 9.17) is 4.98 Å². The fourth-order valence-corrected chi connectivity index (χ4v) is 4.06. The van der Waals surface area contributed by atoms with E-state index < -0.39 is 0 Å². The molecular formula is C23H28N4O. The summed E-state index contributed by atoms with van der Waals surface area (Å²) in [5.41, 5.74) is 2.97. The molecule has 2 heterocycles. The third kappa shape index (κ3) is 4.41. The van der Waals surface area contributed by atoms with Crippen molar-refractivity contribution in [1.29, 1.82) is 0 Å². The molecule has 3 aromatic rings. The molecule has 0 spiro atoms. The van der Waals surface area contributed by atoms with Crippen LogP contribution in [-0.2, 0) is 17.8 Å². The van der Waals surface area contributed by atoms with E-state index >= 15 is 0 Å². The predicted octanol–water partition coefficient (Wildman–Crippen LogP) is 4.11. The molecular weight excluding hydrogens is 348 g/mol. The zero-order valence-electron chi connectivity index (χ0n) is 16.5. The lowest BCUT2D eigenvalue weighted by Crippen LogP contribution is -2.37. The maximum absolute atomic E-state index is 12.5. The topological polar surface area (TPSA) is 59.8 Å². The highest BCUT2D eigenvalue weighted by Crippen LogP contribution is 2.23. The summed E-state index contributed by atoms with van der Waals surface area (Å²) >= 11 is 0. The van der Waals surface area contributed by atoms with Gasteiger partial charge in [-0.25, -0.2) is 9.97 Å². The van der Waals surface area contributed by atoms with Crippen molar-refractivity contribution in [3.63, 3.8) is 0 Å². The first-order chi connectivity index (χ1) is 13.7. The molecule has 0 aliphatic heterocycles. The molecule has 5 heteroatoms. The van der Waals surface area contributed by atoms with Crippen LogP contribution in [0.15, 0.2) is 48.7 Å². The highest BCUT2D eigenvalue weighted by Gasteiger charge is 2.20. The number of nitrogens with zero attached hydrogens (tertiary/aromatic N) is 3. The third-order valence-corrected chi connectivity index (χ3v) is 5.72. The fraction of sp³-hybridized carbons (Fsp3) is 0.435. The van der Waals surface area contributed by atoms with E-state index in [9.17, 15) is 4.79 Å². The number of carbonyl (C=O) groups excluding carboxylic acids is 1. The van der Waals surface area contributed by atoms with E-state index in [0.29, 0.717) is 25.4 Å². The van der Waals surface area contributed by atoms with Crippen molar-refractivity contribution in [2.75, 3.05) is 0 Å². The zero-order valence-corrected chi connectivity index (χ0v) is 16.5. The molecule has 0 bridgehead atoms. The van der Waals surface area contributed by atoms with Gasteiger partial charge in [0, 0.05) is 25.1 Å². The van der Waals surface area contributed by atoms with Crippen molar-refractivity contribution in [2.45, 2.75) is 58.0 Å². The SMILES string of the molecule is CC1CCC(NC(=O)CCc2nc3cccnc3n2Cc2ccccc2)CC1. The van der Waals surface area contributed by atoms with Crippen molar-refractivity contribution in [3.8, 4) is 0 Å². The highest BCUT2D eigenvalue weighted by atomic mass is 16.1. The van der Waals surface area contributed by atoms with Crippen molar-refractivity contribution in [2.24, 2.45) is 5.92 Å². The van der Waals surface area contributed by atoms with Crippen LogP contribution in [0.4, 0.5) is 0 Å². The van der Waals surface area contributed by atoms with Gasteiger partial charge in [-0.05, 0) is 49.3 Å². The maximum Gasteiger partial charge on any atom is 0.220 e. The Balaban J connectivity index is 1.45. The van der Waals surface area contributed by atoms with Crippen LogP contribution in [0.1, 0.15) is 50.4 Å². The summed E-state index contributed by atoms with van der Waals surface area (Å²) in [6, 6.07) is 14.5. The average Bonchev–Trinajstić information content (AvgIpc) is 3.06. The van der Waals surface area contributed by atoms with Crippen LogP contribution in [0, 0.1) is 5.92 Å². The van der Waals surface area contributed by atoms with Gasteiger partial charge in [0.15, 0.2) is 5.65 Å². The number of hydrogen-bond donors (Lipinski definition) is 1. The second-order valence-electron chi connectivity index (χ2n) is 7.97. The Morgan fingerprint density at radius 1 is 1.11 bits per heavy atom. The lowest BCUT2D eigenvalue weighted by atomic mass is 9.87. The number of pyridine rings is 1. The highest BCUT2D eigenvalue weighted by molar-refractivity contribution is 5.77. The predicted molar refractivity (Wildman–Crippen MR) is 111 cm³/mol. The van der Waals surface area contributed by atoms with Crippen molar-refractivity contribution >= 4 is 17.1 Å². The number of benzene rings is 1. The van der Waals surface area contributed by atoms with Gasteiger partial charge in [0.05, 0.1) is 6.54 Å². The minimum atomic E-state index is 0.130. The van der Waals surface area contributed by atoms with Gasteiger partial charge in [0.1, 0.15) is 11.3 Å². The van der Waals surface area contributed by atoms with E-state index in [2.05, 4.69) is 33.9 Å². The Morgan fingerprint density at radius 2 is 1.89 bits per heavy atom. The molecule has 28 heavy (non-hydrogen) atoms. The Labute approximate surface area is 166 Å². The molecule has 146 valence electrons. The lowest BCUT2D eigenvalue weighted by Gasteiger charge is -2.26. The smallest absolute Gasteiger partial charge is 0.220 e. The van der Waals surface area contributed by atoms with Crippen LogP contribution in [0.2, 0.25) is 0 Å². The Hall–Kier alpha value is -2.69. The summed E-state index contributed by atoms with van der Waals surface area (Å²) in [6.07, 6.45) is 7.51. The molecule has 0 atom stereocenters. The first-order valence-corrected chi connectivity index (χ1v) is 10.3. The number of imidazole rings is 1. The van der Waals surface area contributed by atoms with Crippen LogP contribution < -0.4 is 5.32 Å². The summed E-state index contributed by atoms with van der Waals surface area (Å²) < 4.78 is 2.14. The monoisotopic (exact) mass is 376 g/mol. The maximum atomic E-state index is 12.5. The normalized spacial score (nSPS) is 19.6. The number of carbonyl (C=O) groups is 1. The molecule has 5 nitrogen and oxygen atoms in total. The summed E-state index contributed by atoms with van der Waals surface area (Å²) in [5.74, 6) is 1.84. The number of aryl methyl sites for hydroxylation is 1. The molecule has 1 fully saturated rings. The fourth-order valence-electron chi connectivity index (χ4n) is 4.06. The van der Waals surface area contributed by atoms with Gasteiger partial charge < -0.3 is 9.88 Å². The number of nitrogens with one attached hydrogen (secondary N) is 1. The molecule has 0 unspecified atom stereocenters. The van der Waals surface area contributed by atoms with Gasteiger partial charge in [0.2, 0.25) is 5.91 Å². The summed E-state index contributed by atoms with van der Waals surface area (Å²) in [6.45, 7) is 3.01. The molecule has 1 aliphatic rings. The number of amides is 1. The molecule has 0 saturated heterocycles. The summed E-state index contributed by atoms with van der Waals surface area (Å²) in [7, 11) is 0. The molecule has 4 rings (SSSR count). The van der Waals surface area contributed by atoms with Crippen molar-refractivity contribution in [1.82, 2.24) is 19.9 Å². The number of rotatable bonds is 6. The zero-order chi connectivity index (χ0) is 19.3. The van der Waals surface area contributed by atoms with Gasteiger partial charge in [-0.3, -0.25) is 4.79 Å². The van der Waals surface area contributed by atoms with Crippen LogP contribution in [0.5, 0.6) is 0 Å². The number of fused-ring (bicyclic) bond motifs is 1. The van der Waals surface area contributed by atoms with E-state index in [-0.39, 0.29) is 5.91 Å². The second-order valence-corrected chi connectivity index (χ2v) is 7.97. The van der Waals surface area contributed by atoms with E-state index in [1.54, 1.807) is 6.20 Å². The van der Waals surface area contributed by atoms with Crippen LogP contribution in [0.25, 0.3) is 11.2 Å². The summed E-state index contributed by atoms with van der Waals surface area (Å²) in [4.78, 5) is 21.8. The van der Waals surface area contributed by atoms with Crippen molar-refractivity contribution < 1.29 is 4.79 Å². The molecule has 1 aliphatic carbocycles. The molecule has 1 N–H and O–H groups in total.